The summed E-state index contributed by atoms with van der Waals surface area (Å²) in [4.78, 5) is 13.4. The van der Waals surface area contributed by atoms with E-state index in [1.54, 1.807) is 0 Å². The molecule has 11 aromatic carbocycles. The van der Waals surface area contributed by atoms with Crippen molar-refractivity contribution in [2.45, 2.75) is 178 Å². The van der Waals surface area contributed by atoms with Gasteiger partial charge < -0.3 is 80.5 Å². The maximum absolute atomic E-state index is 13.4. The Morgan fingerprint density at radius 1 is 0.222 bits per heavy atom. The lowest BCUT2D eigenvalue weighted by atomic mass is 9.95. The SMILES string of the molecule is O=C(CCCO[C@@H]1OC(COCc2ccccc2)[C@@H](O[C@@H]2OC(COCc3ccccc3)[C@H](O[C@H]3OC(COCc4ccccc4)[C@H](OCc4ccccc4)[C@@H](OCc4ccccc4)C3OCc3ccccc3)[C@@H](OCc3ccccc3)C2OCc2ccccc2)[C@@H](OCc2ccccc2)C1OCc1ccccc1)OCc1ccccc1. The van der Waals surface area contributed by atoms with E-state index >= 15 is 0 Å². The van der Waals surface area contributed by atoms with Gasteiger partial charge in [-0.2, -0.15) is 0 Å². The van der Waals surface area contributed by atoms with Gasteiger partial charge in [-0.1, -0.05) is 334 Å². The van der Waals surface area contributed by atoms with Crippen molar-refractivity contribution < 1.29 is 85.3 Å². The third kappa shape index (κ3) is 25.9. The van der Waals surface area contributed by atoms with Crippen molar-refractivity contribution in [3.05, 3.63) is 395 Å². The molecular weight excluding hydrogens is 1480 g/mol. The predicted octanol–water partition coefficient (Wildman–Crippen LogP) is 17.2. The molecule has 3 aliphatic rings. The average Bonchev–Trinajstić information content (AvgIpc) is 0.758. The second-order valence-corrected chi connectivity index (χ2v) is 29.3. The average molecular weight is 1580 g/mol. The van der Waals surface area contributed by atoms with Crippen LogP contribution in [0.25, 0.3) is 0 Å². The molecule has 0 amide bonds. The number of esters is 1. The van der Waals surface area contributed by atoms with Gasteiger partial charge in [0, 0.05) is 6.42 Å². The van der Waals surface area contributed by atoms with Gasteiger partial charge in [0.15, 0.2) is 18.9 Å². The molecule has 117 heavy (non-hydrogen) atoms. The minimum absolute atomic E-state index is 0.0312. The molecule has 18 nitrogen and oxygen atoms in total. The minimum atomic E-state index is -1.35. The number of carbonyl (C=O) groups is 1. The first-order valence-electron chi connectivity index (χ1n) is 40.5. The first-order chi connectivity index (χ1) is 57.9. The highest BCUT2D eigenvalue weighted by Gasteiger charge is 2.57. The minimum Gasteiger partial charge on any atom is -0.461 e. The van der Waals surface area contributed by atoms with Crippen molar-refractivity contribution in [1.29, 1.82) is 0 Å². The third-order valence-corrected chi connectivity index (χ3v) is 20.6. The Labute approximate surface area is 686 Å². The lowest BCUT2D eigenvalue weighted by Gasteiger charge is -2.52. The molecule has 15 atom stereocenters. The monoisotopic (exact) mass is 1580 g/mol. The zero-order chi connectivity index (χ0) is 79.5. The van der Waals surface area contributed by atoms with E-state index in [0.717, 1.165) is 61.2 Å². The third-order valence-electron chi connectivity index (χ3n) is 20.6. The normalized spacial score (nSPS) is 23.2. The summed E-state index contributed by atoms with van der Waals surface area (Å²) < 4.78 is 123. The highest BCUT2D eigenvalue weighted by atomic mass is 16.8. The summed E-state index contributed by atoms with van der Waals surface area (Å²) in [6, 6.07) is 109. The van der Waals surface area contributed by atoms with Crippen LogP contribution in [0.3, 0.4) is 0 Å². The van der Waals surface area contributed by atoms with E-state index in [9.17, 15) is 4.79 Å². The van der Waals surface area contributed by atoms with Crippen molar-refractivity contribution in [3.8, 4) is 0 Å². The van der Waals surface area contributed by atoms with Gasteiger partial charge >= 0.3 is 5.97 Å². The van der Waals surface area contributed by atoms with Crippen LogP contribution in [0.4, 0.5) is 0 Å². The van der Waals surface area contributed by atoms with Crippen molar-refractivity contribution >= 4 is 5.97 Å². The van der Waals surface area contributed by atoms with Crippen LogP contribution in [-0.4, -0.2) is 125 Å². The largest absolute Gasteiger partial charge is 0.461 e. The molecule has 0 N–H and O–H groups in total. The molecule has 3 heterocycles. The fourth-order valence-electron chi connectivity index (χ4n) is 14.5. The number of hydrogen-bond donors (Lipinski definition) is 0. The Balaban J connectivity index is 0.879. The summed E-state index contributed by atoms with van der Waals surface area (Å²) in [5.41, 5.74) is 10.0. The molecule has 3 aliphatic heterocycles. The van der Waals surface area contributed by atoms with Crippen LogP contribution in [-0.2, 0) is 158 Å². The van der Waals surface area contributed by atoms with E-state index in [1.807, 2.05) is 334 Å². The molecule has 3 saturated heterocycles. The lowest BCUT2D eigenvalue weighted by molar-refractivity contribution is -0.395. The van der Waals surface area contributed by atoms with Crippen LogP contribution in [0.2, 0.25) is 0 Å². The van der Waals surface area contributed by atoms with E-state index in [0.29, 0.717) is 6.42 Å². The Morgan fingerprint density at radius 2 is 0.436 bits per heavy atom. The molecule has 608 valence electrons. The molecule has 0 bridgehead atoms. The van der Waals surface area contributed by atoms with Gasteiger partial charge in [0.2, 0.25) is 0 Å². The van der Waals surface area contributed by atoms with Crippen molar-refractivity contribution in [1.82, 2.24) is 0 Å². The molecule has 3 fully saturated rings. The van der Waals surface area contributed by atoms with E-state index in [1.165, 1.54) is 0 Å². The molecule has 0 spiro atoms. The van der Waals surface area contributed by atoms with Gasteiger partial charge in [-0.3, -0.25) is 4.79 Å². The van der Waals surface area contributed by atoms with Gasteiger partial charge in [-0.15, -0.1) is 0 Å². The molecular formula is C99H104O18. The summed E-state index contributed by atoms with van der Waals surface area (Å²) in [6.45, 7) is 1.82. The van der Waals surface area contributed by atoms with E-state index in [2.05, 4.69) is 0 Å². The summed E-state index contributed by atoms with van der Waals surface area (Å²) in [7, 11) is 0. The van der Waals surface area contributed by atoms with Gasteiger partial charge in [-0.05, 0) is 67.6 Å². The fourth-order valence-corrected chi connectivity index (χ4v) is 14.5. The van der Waals surface area contributed by atoms with Crippen LogP contribution < -0.4 is 0 Å². The summed E-state index contributed by atoms with van der Waals surface area (Å²) in [5.74, 6) is -0.363. The Kier molecular flexibility index (Phi) is 32.8. The number of ether oxygens (including phenoxy) is 17. The van der Waals surface area contributed by atoms with Crippen LogP contribution in [0.15, 0.2) is 334 Å². The highest BCUT2D eigenvalue weighted by molar-refractivity contribution is 5.69. The predicted molar refractivity (Wildman–Crippen MR) is 441 cm³/mol. The second-order valence-electron chi connectivity index (χ2n) is 29.3. The Hall–Kier alpha value is -9.75. The van der Waals surface area contributed by atoms with Crippen molar-refractivity contribution in [2.24, 2.45) is 0 Å². The molecule has 18 heteroatoms. The molecule has 0 aliphatic carbocycles. The van der Waals surface area contributed by atoms with Gasteiger partial charge in [0.1, 0.15) is 79.9 Å². The van der Waals surface area contributed by atoms with E-state index < -0.39 is 92.1 Å². The zero-order valence-electron chi connectivity index (χ0n) is 65.8. The molecule has 14 rings (SSSR count). The number of carbonyl (C=O) groups excluding carboxylic acids is 1. The molecule has 0 saturated carbocycles. The van der Waals surface area contributed by atoms with E-state index in [-0.39, 0.29) is 111 Å². The summed E-state index contributed by atoms with van der Waals surface area (Å²) >= 11 is 0. The Bertz CT molecular complexity index is 4520. The van der Waals surface area contributed by atoms with Crippen LogP contribution in [0.5, 0.6) is 0 Å². The second kappa shape index (κ2) is 45.8. The van der Waals surface area contributed by atoms with Crippen LogP contribution >= 0.6 is 0 Å². The number of hydrogen-bond acceptors (Lipinski definition) is 18. The molecule has 11 aromatic rings. The summed E-state index contributed by atoms with van der Waals surface area (Å²) in [6.07, 6.45) is -15.4. The zero-order valence-corrected chi connectivity index (χ0v) is 65.8. The maximum Gasteiger partial charge on any atom is 0.306 e. The quantitative estimate of drug-likeness (QED) is 0.0260. The maximum atomic E-state index is 13.4. The highest BCUT2D eigenvalue weighted by Crippen LogP contribution is 2.40. The summed E-state index contributed by atoms with van der Waals surface area (Å²) in [5, 5.41) is 0. The van der Waals surface area contributed by atoms with Gasteiger partial charge in [0.25, 0.3) is 0 Å². The molecule has 0 aromatic heterocycles. The van der Waals surface area contributed by atoms with Crippen molar-refractivity contribution in [2.75, 3.05) is 26.4 Å². The van der Waals surface area contributed by atoms with Crippen LogP contribution in [0.1, 0.15) is 74.0 Å². The smallest absolute Gasteiger partial charge is 0.306 e. The number of benzene rings is 11. The van der Waals surface area contributed by atoms with Crippen LogP contribution in [0, 0.1) is 0 Å². The lowest BCUT2D eigenvalue weighted by Crippen LogP contribution is -2.68. The van der Waals surface area contributed by atoms with E-state index in [4.69, 9.17) is 80.5 Å². The topological polar surface area (TPSA) is 174 Å². The fraction of sp³-hybridized carbons (Fsp3) is 0.323. The van der Waals surface area contributed by atoms with Gasteiger partial charge in [0.05, 0.1) is 92.5 Å². The first-order valence-corrected chi connectivity index (χ1v) is 40.5. The first kappa shape index (κ1) is 83.7. The van der Waals surface area contributed by atoms with Gasteiger partial charge in [-0.25, -0.2) is 0 Å². The molecule has 0 radical (unpaired) electrons. The molecule has 6 unspecified atom stereocenters. The Morgan fingerprint density at radius 3 is 0.718 bits per heavy atom. The standard InChI is InChI=1S/C99H104O18/c100-87(105-62-76-41-18-4-19-42-76)57-34-58-104-97-94(110-67-81-51-28-9-29-52-81)92(108-65-79-47-24-7-25-48-79)89(85(113-97)71-102-60-74-37-14-2-15-38-74)116-99-96(112-69-83-55-32-11-33-56-83)93(109-66-80-49-26-8-27-50-80)90(86(115-99)72-103-61-75-39-16-3-17-40-75)117-98-95(111-68-82-53-30-10-31-54-82)91(107-64-78-45-22-6-23-46-78)88(106-63-77-43-20-5-21-44-77)84(114-98)70-101-59-73-35-12-1-13-36-73/h1-33,35-56,84-86,88-99H,34,57-72H2/t84?,85?,86?,88-,89+,90-,91+,92+,93+,94?,95?,96?,97+,98+,99-/m0/s1. The van der Waals surface area contributed by atoms with Crippen molar-refractivity contribution in [3.63, 3.8) is 0 Å². The number of rotatable bonds is 44.